The second-order valence-corrected chi connectivity index (χ2v) is 4.90. The van der Waals surface area contributed by atoms with Crippen LogP contribution in [-0.4, -0.2) is 34.3 Å². The van der Waals surface area contributed by atoms with Crippen molar-refractivity contribution in [2.45, 2.75) is 12.5 Å². The molecule has 1 unspecified atom stereocenters. The minimum Gasteiger partial charge on any atom is -0.338 e. The van der Waals surface area contributed by atoms with Gasteiger partial charge in [-0.2, -0.15) is 4.98 Å². The van der Waals surface area contributed by atoms with Gasteiger partial charge < -0.3 is 10.6 Å². The Morgan fingerprint density at radius 3 is 3.19 bits per heavy atom. The highest BCUT2D eigenvalue weighted by molar-refractivity contribution is 7.13. The van der Waals surface area contributed by atoms with Gasteiger partial charge >= 0.3 is 0 Å². The largest absolute Gasteiger partial charge is 0.338 e. The number of nitrogens with two attached hydrogens (primary N) is 1. The monoisotopic (exact) mass is 235 g/mol. The summed E-state index contributed by atoms with van der Waals surface area (Å²) in [7, 11) is 0. The fourth-order valence-electron chi connectivity index (χ4n) is 1.89. The molecule has 1 aliphatic rings. The summed E-state index contributed by atoms with van der Waals surface area (Å²) in [4.78, 5) is 7.72. The van der Waals surface area contributed by atoms with E-state index in [4.69, 9.17) is 5.73 Å². The third kappa shape index (κ3) is 1.70. The van der Waals surface area contributed by atoms with E-state index in [9.17, 15) is 0 Å². The number of aromatic nitrogens is 3. The van der Waals surface area contributed by atoms with Crippen molar-refractivity contribution < 1.29 is 0 Å². The SMILES string of the molecule is NC1CCN(c2n[nH]c(-c3cccs3)n2)C1. The van der Waals surface area contributed by atoms with Gasteiger partial charge in [-0.15, -0.1) is 16.4 Å². The molecule has 3 rings (SSSR count). The van der Waals surface area contributed by atoms with Crippen molar-refractivity contribution >= 4 is 17.3 Å². The Morgan fingerprint density at radius 1 is 1.56 bits per heavy atom. The smallest absolute Gasteiger partial charge is 0.245 e. The summed E-state index contributed by atoms with van der Waals surface area (Å²) in [5, 5.41) is 9.23. The molecule has 5 nitrogen and oxygen atoms in total. The molecular weight excluding hydrogens is 222 g/mol. The Morgan fingerprint density at radius 2 is 2.50 bits per heavy atom. The van der Waals surface area contributed by atoms with Gasteiger partial charge in [-0.25, -0.2) is 0 Å². The van der Waals surface area contributed by atoms with Gasteiger partial charge in [0, 0.05) is 19.1 Å². The van der Waals surface area contributed by atoms with Gasteiger partial charge in [0.2, 0.25) is 5.95 Å². The summed E-state index contributed by atoms with van der Waals surface area (Å²) >= 11 is 1.66. The highest BCUT2D eigenvalue weighted by Gasteiger charge is 2.22. The quantitative estimate of drug-likeness (QED) is 0.817. The highest BCUT2D eigenvalue weighted by atomic mass is 32.1. The zero-order valence-corrected chi connectivity index (χ0v) is 9.57. The Balaban J connectivity index is 1.83. The molecule has 1 fully saturated rings. The van der Waals surface area contributed by atoms with E-state index < -0.39 is 0 Å². The topological polar surface area (TPSA) is 70.8 Å². The molecule has 1 atom stereocenters. The van der Waals surface area contributed by atoms with Crippen LogP contribution < -0.4 is 10.6 Å². The summed E-state index contributed by atoms with van der Waals surface area (Å²) < 4.78 is 0. The molecule has 1 aliphatic heterocycles. The zero-order chi connectivity index (χ0) is 11.0. The summed E-state index contributed by atoms with van der Waals surface area (Å²) in [5.41, 5.74) is 5.86. The van der Waals surface area contributed by atoms with E-state index >= 15 is 0 Å². The molecule has 2 aromatic rings. The molecule has 6 heteroatoms. The maximum Gasteiger partial charge on any atom is 0.245 e. The Hall–Kier alpha value is -1.40. The average Bonchev–Trinajstić information content (AvgIpc) is 2.97. The van der Waals surface area contributed by atoms with Crippen LogP contribution in [0.4, 0.5) is 5.95 Å². The molecule has 0 bridgehead atoms. The third-order valence-electron chi connectivity index (χ3n) is 2.74. The van der Waals surface area contributed by atoms with Crippen LogP contribution in [0, 0.1) is 0 Å². The van der Waals surface area contributed by atoms with Crippen molar-refractivity contribution in [1.82, 2.24) is 15.2 Å². The van der Waals surface area contributed by atoms with E-state index in [1.54, 1.807) is 11.3 Å². The lowest BCUT2D eigenvalue weighted by Gasteiger charge is -2.11. The van der Waals surface area contributed by atoms with Gasteiger partial charge in [-0.3, -0.25) is 5.10 Å². The van der Waals surface area contributed by atoms with E-state index in [1.807, 2.05) is 17.5 Å². The molecule has 0 radical (unpaired) electrons. The predicted molar refractivity (Wildman–Crippen MR) is 64.5 cm³/mol. The van der Waals surface area contributed by atoms with E-state index in [2.05, 4.69) is 20.1 Å². The van der Waals surface area contributed by atoms with Gasteiger partial charge in [0.1, 0.15) is 0 Å². The summed E-state index contributed by atoms with van der Waals surface area (Å²) in [6, 6.07) is 4.29. The van der Waals surface area contributed by atoms with Gasteiger partial charge in [0.05, 0.1) is 4.88 Å². The maximum atomic E-state index is 5.86. The fourth-order valence-corrected chi connectivity index (χ4v) is 2.55. The van der Waals surface area contributed by atoms with E-state index in [0.717, 1.165) is 36.2 Å². The van der Waals surface area contributed by atoms with Crippen LogP contribution in [0.3, 0.4) is 0 Å². The van der Waals surface area contributed by atoms with Crippen molar-refractivity contribution in [2.24, 2.45) is 5.73 Å². The molecule has 0 aliphatic carbocycles. The van der Waals surface area contributed by atoms with Crippen LogP contribution >= 0.6 is 11.3 Å². The molecule has 3 N–H and O–H groups in total. The van der Waals surface area contributed by atoms with Crippen LogP contribution in [0.2, 0.25) is 0 Å². The van der Waals surface area contributed by atoms with Crippen molar-refractivity contribution in [3.8, 4) is 10.7 Å². The van der Waals surface area contributed by atoms with Crippen LogP contribution in [-0.2, 0) is 0 Å². The van der Waals surface area contributed by atoms with E-state index in [0.29, 0.717) is 0 Å². The number of aromatic amines is 1. The Bertz CT molecular complexity index is 463. The Kier molecular flexibility index (Phi) is 2.37. The van der Waals surface area contributed by atoms with Crippen LogP contribution in [0.15, 0.2) is 17.5 Å². The first-order valence-electron chi connectivity index (χ1n) is 5.30. The van der Waals surface area contributed by atoms with Crippen molar-refractivity contribution in [2.75, 3.05) is 18.0 Å². The molecule has 2 aromatic heterocycles. The molecule has 3 heterocycles. The first kappa shape index (κ1) is 9.80. The number of nitrogens with one attached hydrogen (secondary N) is 1. The second kappa shape index (κ2) is 3.88. The van der Waals surface area contributed by atoms with E-state index in [1.165, 1.54) is 0 Å². The molecule has 0 saturated carbocycles. The number of thiophene rings is 1. The zero-order valence-electron chi connectivity index (χ0n) is 8.76. The number of anilines is 1. The molecule has 0 amide bonds. The summed E-state index contributed by atoms with van der Waals surface area (Å²) in [5.74, 6) is 1.60. The number of rotatable bonds is 2. The van der Waals surface area contributed by atoms with Gasteiger partial charge in [-0.05, 0) is 17.9 Å². The highest BCUT2D eigenvalue weighted by Crippen LogP contribution is 2.23. The van der Waals surface area contributed by atoms with Gasteiger partial charge in [0.25, 0.3) is 0 Å². The van der Waals surface area contributed by atoms with Crippen LogP contribution in [0.5, 0.6) is 0 Å². The van der Waals surface area contributed by atoms with Gasteiger partial charge in [0.15, 0.2) is 5.82 Å². The summed E-state index contributed by atoms with van der Waals surface area (Å²) in [6.45, 7) is 1.80. The molecule has 84 valence electrons. The number of hydrogen-bond acceptors (Lipinski definition) is 5. The normalized spacial score (nSPS) is 20.6. The first-order valence-corrected chi connectivity index (χ1v) is 6.18. The minimum absolute atomic E-state index is 0.253. The van der Waals surface area contributed by atoms with Crippen LogP contribution in [0.25, 0.3) is 10.7 Å². The van der Waals surface area contributed by atoms with Crippen LogP contribution in [0.1, 0.15) is 6.42 Å². The molecule has 1 saturated heterocycles. The molecule has 0 spiro atoms. The van der Waals surface area contributed by atoms with Crippen molar-refractivity contribution in [3.63, 3.8) is 0 Å². The molecular formula is C10H13N5S. The first-order chi connectivity index (χ1) is 7.83. The minimum atomic E-state index is 0.253. The number of nitrogens with zero attached hydrogens (tertiary/aromatic N) is 3. The lowest BCUT2D eigenvalue weighted by Crippen LogP contribution is -2.26. The van der Waals surface area contributed by atoms with Crippen molar-refractivity contribution in [1.29, 1.82) is 0 Å². The second-order valence-electron chi connectivity index (χ2n) is 3.96. The van der Waals surface area contributed by atoms with E-state index in [-0.39, 0.29) is 6.04 Å². The number of hydrogen-bond donors (Lipinski definition) is 2. The molecule has 0 aromatic carbocycles. The third-order valence-corrected chi connectivity index (χ3v) is 3.61. The lowest BCUT2D eigenvalue weighted by atomic mass is 10.3. The Labute approximate surface area is 97.3 Å². The predicted octanol–water partition coefficient (Wildman–Crippen LogP) is 1.07. The van der Waals surface area contributed by atoms with Crippen molar-refractivity contribution in [3.05, 3.63) is 17.5 Å². The lowest BCUT2D eigenvalue weighted by molar-refractivity contribution is 0.750. The maximum absolute atomic E-state index is 5.86. The number of H-pyrrole nitrogens is 1. The summed E-state index contributed by atoms with van der Waals surface area (Å²) in [6.07, 6.45) is 1.02. The standard InChI is InChI=1S/C10H13N5S/c11-7-3-4-15(6-7)10-12-9(13-14-10)8-2-1-5-16-8/h1-2,5,7H,3-4,6,11H2,(H,12,13,14). The fraction of sp³-hybridized carbons (Fsp3) is 0.400. The average molecular weight is 235 g/mol. The molecule has 16 heavy (non-hydrogen) atoms. The van der Waals surface area contributed by atoms with Gasteiger partial charge in [-0.1, -0.05) is 6.07 Å².